The Morgan fingerprint density at radius 2 is 1.36 bits per heavy atom. The molecule has 2 aliphatic heterocycles. The number of hydrogen-bond acceptors (Lipinski definition) is 15. The molecule has 0 aromatic heterocycles. The first kappa shape index (κ1) is 29.5. The molecule has 16 heteroatoms. The molecule has 15 N–H and O–H groups in total. The summed E-state index contributed by atoms with van der Waals surface area (Å²) in [5.74, 6) is 0. The number of aliphatic hydroxyl groups is 5. The molecule has 0 aromatic rings. The van der Waals surface area contributed by atoms with Crippen LogP contribution < -0.4 is 28.7 Å². The quantitative estimate of drug-likeness (QED) is 0.132. The Balaban J connectivity index is 1.73. The van der Waals surface area contributed by atoms with Crippen molar-refractivity contribution in [3.05, 3.63) is 0 Å². The molecule has 0 bridgehead atoms. The minimum atomic E-state index is -1.48. The largest absolute Gasteiger partial charge is 0.389 e. The number of amides is 1. The van der Waals surface area contributed by atoms with Gasteiger partial charge >= 0.3 is 0 Å². The molecule has 15 atom stereocenters. The second kappa shape index (κ2) is 12.2. The second-order valence-electron chi connectivity index (χ2n) is 9.74. The molecule has 3 aliphatic rings. The highest BCUT2D eigenvalue weighted by atomic mass is 16.7. The molecule has 2 saturated heterocycles. The van der Waals surface area contributed by atoms with Gasteiger partial charge in [-0.1, -0.05) is 0 Å². The van der Waals surface area contributed by atoms with Crippen LogP contribution in [0, 0.1) is 0 Å². The van der Waals surface area contributed by atoms with Crippen LogP contribution in [0.4, 0.5) is 0 Å². The monoisotopic (exact) mass is 524 g/mol. The average molecular weight is 525 g/mol. The first-order valence-corrected chi connectivity index (χ1v) is 11.8. The van der Waals surface area contributed by atoms with Crippen molar-refractivity contribution in [3.8, 4) is 0 Å². The van der Waals surface area contributed by atoms with Gasteiger partial charge in [0.2, 0.25) is 6.41 Å². The van der Waals surface area contributed by atoms with Gasteiger partial charge in [0.25, 0.3) is 0 Å². The topological polar surface area (TPSA) is 288 Å². The van der Waals surface area contributed by atoms with Crippen molar-refractivity contribution in [1.82, 2.24) is 4.90 Å². The normalized spacial score (nSPS) is 50.0. The number of rotatable bonds is 8. The summed E-state index contributed by atoms with van der Waals surface area (Å²) < 4.78 is 22.9. The van der Waals surface area contributed by atoms with E-state index in [4.69, 9.17) is 47.6 Å². The van der Waals surface area contributed by atoms with Gasteiger partial charge in [-0.25, -0.2) is 0 Å². The van der Waals surface area contributed by atoms with Crippen LogP contribution in [-0.2, 0) is 23.7 Å². The van der Waals surface area contributed by atoms with Crippen molar-refractivity contribution >= 4 is 6.41 Å². The molecule has 36 heavy (non-hydrogen) atoms. The Labute approximate surface area is 208 Å². The van der Waals surface area contributed by atoms with Crippen molar-refractivity contribution in [2.45, 2.75) is 98.1 Å². The summed E-state index contributed by atoms with van der Waals surface area (Å²) >= 11 is 0. The van der Waals surface area contributed by atoms with Crippen LogP contribution in [0.1, 0.15) is 6.42 Å². The van der Waals surface area contributed by atoms with E-state index in [0.717, 1.165) is 0 Å². The van der Waals surface area contributed by atoms with E-state index in [1.54, 1.807) is 0 Å². The van der Waals surface area contributed by atoms with Gasteiger partial charge in [-0.2, -0.15) is 0 Å². The van der Waals surface area contributed by atoms with Crippen molar-refractivity contribution in [3.63, 3.8) is 0 Å². The minimum Gasteiger partial charge on any atom is -0.389 e. The number of ether oxygens (including phenoxy) is 4. The molecular formula is C20H40N6O10. The van der Waals surface area contributed by atoms with Crippen LogP contribution in [-0.4, -0.2) is 149 Å². The van der Waals surface area contributed by atoms with E-state index in [-0.39, 0.29) is 19.5 Å². The van der Waals surface area contributed by atoms with E-state index in [2.05, 4.69) is 0 Å². The summed E-state index contributed by atoms with van der Waals surface area (Å²) in [7, 11) is 1.48. The van der Waals surface area contributed by atoms with E-state index in [9.17, 15) is 30.3 Å². The lowest BCUT2D eigenvalue weighted by Crippen LogP contribution is -2.69. The Hall–Kier alpha value is -1.09. The van der Waals surface area contributed by atoms with Gasteiger partial charge in [-0.15, -0.1) is 0 Å². The molecule has 0 radical (unpaired) electrons. The van der Waals surface area contributed by atoms with Crippen LogP contribution in [0.3, 0.4) is 0 Å². The molecule has 0 spiro atoms. The Morgan fingerprint density at radius 1 is 0.806 bits per heavy atom. The standard InChI is InChI=1S/C20H40N6O10/c1-26(5-27)4-9-12(28)10(24)15(31)20(34-9)36-18-7(23)2-6(22)17(16(18)32)35-19-11(25)14(30)13(29)8(3-21)33-19/h5-20,28-32H,2-4,21-25H2,1H3. The van der Waals surface area contributed by atoms with E-state index in [1.807, 2.05) is 0 Å². The number of nitrogens with zero attached hydrogens (tertiary/aromatic N) is 1. The summed E-state index contributed by atoms with van der Waals surface area (Å²) in [4.78, 5) is 12.2. The molecule has 3 fully saturated rings. The highest BCUT2D eigenvalue weighted by Crippen LogP contribution is 2.31. The number of nitrogens with two attached hydrogens (primary N) is 5. The maximum Gasteiger partial charge on any atom is 0.209 e. The summed E-state index contributed by atoms with van der Waals surface area (Å²) in [5, 5.41) is 52.3. The first-order valence-electron chi connectivity index (χ1n) is 11.8. The molecule has 210 valence electrons. The molecule has 2 heterocycles. The SMILES string of the molecule is CN(C=O)CC1OC(OC2C(N)CC(N)C(OC3OC(CN)C(O)C(O)C3N)C2O)C(O)C(N)C1O. The van der Waals surface area contributed by atoms with Gasteiger partial charge in [-0.3, -0.25) is 4.79 Å². The smallest absolute Gasteiger partial charge is 0.209 e. The number of carbonyl (C=O) groups excluding carboxylic acids is 1. The zero-order valence-electron chi connectivity index (χ0n) is 20.0. The summed E-state index contributed by atoms with van der Waals surface area (Å²) in [5.41, 5.74) is 29.9. The fourth-order valence-corrected chi connectivity index (χ4v) is 4.77. The van der Waals surface area contributed by atoms with Gasteiger partial charge < -0.3 is 78.0 Å². The third-order valence-electron chi connectivity index (χ3n) is 7.03. The molecule has 15 unspecified atom stereocenters. The molecule has 16 nitrogen and oxygen atoms in total. The summed E-state index contributed by atoms with van der Waals surface area (Å²) in [6.07, 6.45) is -13.2. The number of carbonyl (C=O) groups is 1. The Bertz CT molecular complexity index is 726. The van der Waals surface area contributed by atoms with Crippen LogP contribution in [0.2, 0.25) is 0 Å². The first-order chi connectivity index (χ1) is 16.9. The average Bonchev–Trinajstić information content (AvgIpc) is 2.85. The van der Waals surface area contributed by atoms with Crippen LogP contribution in [0.25, 0.3) is 0 Å². The van der Waals surface area contributed by atoms with E-state index < -0.39 is 91.7 Å². The summed E-state index contributed by atoms with van der Waals surface area (Å²) in [6.45, 7) is -0.154. The van der Waals surface area contributed by atoms with Crippen molar-refractivity contribution in [2.24, 2.45) is 28.7 Å². The predicted octanol–water partition coefficient (Wildman–Crippen LogP) is -7.23. The minimum absolute atomic E-state index is 0.0335. The van der Waals surface area contributed by atoms with E-state index in [0.29, 0.717) is 6.41 Å². The van der Waals surface area contributed by atoms with Crippen molar-refractivity contribution in [1.29, 1.82) is 0 Å². The lowest BCUT2D eigenvalue weighted by molar-refractivity contribution is -0.317. The van der Waals surface area contributed by atoms with E-state index >= 15 is 0 Å². The third-order valence-corrected chi connectivity index (χ3v) is 7.03. The number of hydrogen-bond donors (Lipinski definition) is 10. The van der Waals surface area contributed by atoms with E-state index in [1.165, 1.54) is 11.9 Å². The van der Waals surface area contributed by atoms with Gasteiger partial charge in [-0.05, 0) is 6.42 Å². The van der Waals surface area contributed by atoms with Crippen LogP contribution >= 0.6 is 0 Å². The Morgan fingerprint density at radius 3 is 1.92 bits per heavy atom. The molecule has 0 aromatic carbocycles. The fourth-order valence-electron chi connectivity index (χ4n) is 4.77. The van der Waals surface area contributed by atoms with Gasteiger partial charge in [0.15, 0.2) is 12.6 Å². The Kier molecular flexibility index (Phi) is 9.97. The molecule has 1 amide bonds. The lowest BCUT2D eigenvalue weighted by atomic mass is 9.84. The molecule has 1 saturated carbocycles. The van der Waals surface area contributed by atoms with Gasteiger partial charge in [0.1, 0.15) is 48.8 Å². The van der Waals surface area contributed by atoms with Gasteiger partial charge in [0, 0.05) is 32.2 Å². The highest BCUT2D eigenvalue weighted by Gasteiger charge is 2.51. The van der Waals surface area contributed by atoms with Crippen molar-refractivity contribution < 1.29 is 49.3 Å². The summed E-state index contributed by atoms with van der Waals surface area (Å²) in [6, 6.07) is -3.94. The third kappa shape index (κ3) is 5.97. The molecular weight excluding hydrogens is 484 g/mol. The highest BCUT2D eigenvalue weighted by molar-refractivity contribution is 5.46. The predicted molar refractivity (Wildman–Crippen MR) is 121 cm³/mol. The van der Waals surface area contributed by atoms with Gasteiger partial charge in [0.05, 0.1) is 18.2 Å². The zero-order valence-corrected chi connectivity index (χ0v) is 20.0. The number of aliphatic hydroxyl groups excluding tert-OH is 5. The fraction of sp³-hybridized carbons (Fsp3) is 0.950. The van der Waals surface area contributed by atoms with Crippen LogP contribution in [0.15, 0.2) is 0 Å². The maximum absolute atomic E-state index is 11.1. The molecule has 1 aliphatic carbocycles. The van der Waals surface area contributed by atoms with Crippen LogP contribution in [0.5, 0.6) is 0 Å². The lowest BCUT2D eigenvalue weighted by Gasteiger charge is -2.48. The maximum atomic E-state index is 11.1. The second-order valence-corrected chi connectivity index (χ2v) is 9.74. The van der Waals surface area contributed by atoms with Crippen molar-refractivity contribution in [2.75, 3.05) is 20.1 Å². The number of likely N-dealkylation sites (N-methyl/N-ethyl adjacent to an activating group) is 1. The zero-order chi connectivity index (χ0) is 26.9. The molecule has 3 rings (SSSR count).